The molecule has 0 aromatic heterocycles. The number of hydrogen-bond donors (Lipinski definition) is 1. The number of nitrogens with one attached hydrogen (secondary N) is 1. The van der Waals surface area contributed by atoms with Crippen molar-refractivity contribution in [1.29, 1.82) is 0 Å². The lowest BCUT2D eigenvalue weighted by Crippen LogP contribution is -2.47. The molecule has 0 bridgehead atoms. The number of ether oxygens (including phenoxy) is 1. The number of piperidine rings is 1. The number of methoxy groups -OCH3 is 1. The van der Waals surface area contributed by atoms with Crippen LogP contribution in [-0.2, 0) is 30.8 Å². The summed E-state index contributed by atoms with van der Waals surface area (Å²) in [4.78, 5) is 26.6. The second kappa shape index (κ2) is 9.23. The van der Waals surface area contributed by atoms with Gasteiger partial charge in [0, 0.05) is 52.4 Å². The molecule has 2 amide bonds. The molecule has 0 aliphatic carbocycles. The Kier molecular flexibility index (Phi) is 6.92. The zero-order chi connectivity index (χ0) is 21.0. The molecule has 9 heteroatoms. The molecule has 1 aromatic rings. The zero-order valence-corrected chi connectivity index (χ0v) is 17.8. The summed E-state index contributed by atoms with van der Waals surface area (Å²) in [5.41, 5.74) is 1.31. The minimum absolute atomic E-state index is 0.225. The molecule has 0 saturated carbocycles. The van der Waals surface area contributed by atoms with Crippen LogP contribution in [0.1, 0.15) is 38.2 Å². The molecule has 2 aliphatic heterocycles. The SMILES string of the molecule is COCCCNC(=O)[C@H]1Cc2cc(S(=O)(=O)N3CCCCC3)ccc2N1C(C)=O. The van der Waals surface area contributed by atoms with Crippen LogP contribution >= 0.6 is 0 Å². The summed E-state index contributed by atoms with van der Waals surface area (Å²) >= 11 is 0. The molecule has 0 radical (unpaired) electrons. The molecule has 0 unspecified atom stereocenters. The van der Waals surface area contributed by atoms with Gasteiger partial charge < -0.3 is 10.1 Å². The fourth-order valence-corrected chi connectivity index (χ4v) is 5.56. The highest BCUT2D eigenvalue weighted by Crippen LogP contribution is 2.35. The van der Waals surface area contributed by atoms with E-state index in [0.29, 0.717) is 50.3 Å². The summed E-state index contributed by atoms with van der Waals surface area (Å²) in [7, 11) is -1.96. The van der Waals surface area contributed by atoms with E-state index in [9.17, 15) is 18.0 Å². The molecule has 8 nitrogen and oxygen atoms in total. The molecule has 3 rings (SSSR count). The Balaban J connectivity index is 1.81. The van der Waals surface area contributed by atoms with Gasteiger partial charge in [0.05, 0.1) is 4.90 Å². The van der Waals surface area contributed by atoms with Crippen molar-refractivity contribution in [2.45, 2.75) is 50.0 Å². The lowest BCUT2D eigenvalue weighted by molar-refractivity contribution is -0.125. The van der Waals surface area contributed by atoms with E-state index in [0.717, 1.165) is 19.3 Å². The van der Waals surface area contributed by atoms with Crippen LogP contribution in [-0.4, -0.2) is 63.9 Å². The number of sulfonamides is 1. The molecule has 1 fully saturated rings. The third-order valence-electron chi connectivity index (χ3n) is 5.45. The van der Waals surface area contributed by atoms with Crippen LogP contribution in [0.15, 0.2) is 23.1 Å². The standard InChI is InChI=1S/C20H29N3O5S/c1-15(24)23-18-8-7-17(29(26,27)22-10-4-3-5-11-22)13-16(18)14-19(23)20(25)21-9-6-12-28-2/h7-8,13,19H,3-6,9-12,14H2,1-2H3,(H,21,25)/t19-/m1/s1. The van der Waals surface area contributed by atoms with E-state index in [1.165, 1.54) is 22.2 Å². The lowest BCUT2D eigenvalue weighted by atomic mass is 10.1. The number of anilines is 1. The van der Waals surface area contributed by atoms with E-state index in [1.807, 2.05) is 0 Å². The first-order chi connectivity index (χ1) is 13.9. The first kappa shape index (κ1) is 21.7. The summed E-state index contributed by atoms with van der Waals surface area (Å²) in [5.74, 6) is -0.486. The molecule has 2 aliphatic rings. The second-order valence-corrected chi connectivity index (χ2v) is 9.44. The van der Waals surface area contributed by atoms with Crippen LogP contribution in [0.25, 0.3) is 0 Å². The first-order valence-electron chi connectivity index (χ1n) is 10.1. The second-order valence-electron chi connectivity index (χ2n) is 7.50. The zero-order valence-electron chi connectivity index (χ0n) is 17.0. The van der Waals surface area contributed by atoms with Gasteiger partial charge >= 0.3 is 0 Å². The van der Waals surface area contributed by atoms with Crippen LogP contribution in [0.5, 0.6) is 0 Å². The van der Waals surface area contributed by atoms with E-state index in [4.69, 9.17) is 4.74 Å². The molecular weight excluding hydrogens is 394 g/mol. The number of rotatable bonds is 7. The van der Waals surface area contributed by atoms with E-state index >= 15 is 0 Å². The number of amides is 2. The Morgan fingerprint density at radius 2 is 1.93 bits per heavy atom. The van der Waals surface area contributed by atoms with Gasteiger partial charge in [-0.3, -0.25) is 14.5 Å². The topological polar surface area (TPSA) is 96.0 Å². The summed E-state index contributed by atoms with van der Waals surface area (Å²) < 4.78 is 32.5. The molecule has 29 heavy (non-hydrogen) atoms. The molecule has 1 N–H and O–H groups in total. The number of nitrogens with zero attached hydrogens (tertiary/aromatic N) is 2. The Morgan fingerprint density at radius 3 is 2.59 bits per heavy atom. The van der Waals surface area contributed by atoms with Crippen molar-refractivity contribution in [3.8, 4) is 0 Å². The number of fused-ring (bicyclic) bond motifs is 1. The summed E-state index contributed by atoms with van der Waals surface area (Å²) in [6.07, 6.45) is 3.76. The smallest absolute Gasteiger partial charge is 0.243 e. The minimum atomic E-state index is -3.56. The van der Waals surface area contributed by atoms with Gasteiger partial charge in [0.2, 0.25) is 21.8 Å². The monoisotopic (exact) mass is 423 g/mol. The third kappa shape index (κ3) is 4.62. The van der Waals surface area contributed by atoms with Gasteiger partial charge in [0.1, 0.15) is 6.04 Å². The van der Waals surface area contributed by atoms with Gasteiger partial charge in [-0.15, -0.1) is 0 Å². The normalized spacial score (nSPS) is 19.8. The van der Waals surface area contributed by atoms with Gasteiger partial charge in [-0.2, -0.15) is 4.31 Å². The van der Waals surface area contributed by atoms with Crippen LogP contribution in [0.3, 0.4) is 0 Å². The first-order valence-corrected chi connectivity index (χ1v) is 11.5. The Bertz CT molecular complexity index is 865. The Hall–Kier alpha value is -1.97. The van der Waals surface area contributed by atoms with Crippen molar-refractivity contribution in [2.75, 3.05) is 38.3 Å². The molecule has 1 atom stereocenters. The van der Waals surface area contributed by atoms with E-state index < -0.39 is 16.1 Å². The van der Waals surface area contributed by atoms with Crippen molar-refractivity contribution >= 4 is 27.5 Å². The van der Waals surface area contributed by atoms with E-state index in [1.54, 1.807) is 19.2 Å². The lowest BCUT2D eigenvalue weighted by Gasteiger charge is -2.26. The largest absolute Gasteiger partial charge is 0.385 e. The van der Waals surface area contributed by atoms with Crippen molar-refractivity contribution in [3.63, 3.8) is 0 Å². The van der Waals surface area contributed by atoms with Gasteiger partial charge in [0.25, 0.3) is 0 Å². The fourth-order valence-electron chi connectivity index (χ4n) is 3.99. The van der Waals surface area contributed by atoms with Crippen molar-refractivity contribution < 1.29 is 22.7 Å². The quantitative estimate of drug-likeness (QED) is 0.667. The number of carbonyl (C=O) groups is 2. The average Bonchev–Trinajstić information content (AvgIpc) is 3.11. The Morgan fingerprint density at radius 1 is 1.21 bits per heavy atom. The number of carbonyl (C=O) groups excluding carboxylic acids is 2. The van der Waals surface area contributed by atoms with Crippen molar-refractivity contribution in [3.05, 3.63) is 23.8 Å². The van der Waals surface area contributed by atoms with E-state index in [-0.39, 0.29) is 16.7 Å². The van der Waals surface area contributed by atoms with Gasteiger partial charge in [-0.25, -0.2) is 8.42 Å². The molecule has 1 saturated heterocycles. The Labute approximate surface area is 172 Å². The summed E-state index contributed by atoms with van der Waals surface area (Å²) in [5, 5.41) is 2.84. The van der Waals surface area contributed by atoms with Crippen molar-refractivity contribution in [2.24, 2.45) is 0 Å². The van der Waals surface area contributed by atoms with Crippen molar-refractivity contribution in [1.82, 2.24) is 9.62 Å². The predicted octanol–water partition coefficient (Wildman–Crippen LogP) is 1.29. The molecular formula is C20H29N3O5S. The highest BCUT2D eigenvalue weighted by Gasteiger charge is 2.38. The van der Waals surface area contributed by atoms with Crippen LogP contribution < -0.4 is 10.2 Å². The van der Waals surface area contributed by atoms with E-state index in [2.05, 4.69) is 5.32 Å². The number of hydrogen-bond acceptors (Lipinski definition) is 5. The molecule has 0 spiro atoms. The third-order valence-corrected chi connectivity index (χ3v) is 7.35. The van der Waals surface area contributed by atoms with Crippen LogP contribution in [0.2, 0.25) is 0 Å². The molecule has 160 valence electrons. The fraction of sp³-hybridized carbons (Fsp3) is 0.600. The highest BCUT2D eigenvalue weighted by atomic mass is 32.2. The van der Waals surface area contributed by atoms with Gasteiger partial charge in [-0.1, -0.05) is 6.42 Å². The van der Waals surface area contributed by atoms with Crippen LogP contribution in [0, 0.1) is 0 Å². The minimum Gasteiger partial charge on any atom is -0.385 e. The average molecular weight is 424 g/mol. The van der Waals surface area contributed by atoms with Gasteiger partial charge in [-0.05, 0) is 43.0 Å². The maximum absolute atomic E-state index is 13.0. The maximum Gasteiger partial charge on any atom is 0.243 e. The predicted molar refractivity (Wildman–Crippen MR) is 109 cm³/mol. The molecule has 1 aromatic carbocycles. The van der Waals surface area contributed by atoms with Crippen LogP contribution in [0.4, 0.5) is 5.69 Å². The van der Waals surface area contributed by atoms with Gasteiger partial charge in [0.15, 0.2) is 0 Å². The highest BCUT2D eigenvalue weighted by molar-refractivity contribution is 7.89. The summed E-state index contributed by atoms with van der Waals surface area (Å²) in [6, 6.07) is 4.13. The maximum atomic E-state index is 13.0. The number of benzene rings is 1. The summed E-state index contributed by atoms with van der Waals surface area (Å²) in [6.45, 7) is 3.48. The molecule has 2 heterocycles.